The van der Waals surface area contributed by atoms with E-state index in [0.717, 1.165) is 0 Å². The molecule has 0 spiro atoms. The van der Waals surface area contributed by atoms with Crippen LogP contribution in [0.25, 0.3) is 43.1 Å². The summed E-state index contributed by atoms with van der Waals surface area (Å²) in [6, 6.07) is 18.7. The Hall–Kier alpha value is -2.60. The number of benzene rings is 5. The maximum atomic E-state index is 2.36. The van der Waals surface area contributed by atoms with Gasteiger partial charge in [0.05, 0.1) is 0 Å². The molecule has 0 unspecified atom stereocenters. The second-order valence-corrected chi connectivity index (χ2v) is 7.45. The minimum absolute atomic E-state index is 1.33. The Kier molecular flexibility index (Phi) is 2.58. The van der Waals surface area contributed by atoms with Crippen molar-refractivity contribution in [1.82, 2.24) is 0 Å². The molecule has 0 aliphatic heterocycles. The highest BCUT2D eigenvalue weighted by Gasteiger charge is 2.14. The van der Waals surface area contributed by atoms with E-state index in [2.05, 4.69) is 76.2 Å². The first-order valence-corrected chi connectivity index (χ1v) is 8.62. The van der Waals surface area contributed by atoms with Gasteiger partial charge < -0.3 is 0 Å². The topological polar surface area (TPSA) is 0 Å². The van der Waals surface area contributed by atoms with Crippen LogP contribution in [0, 0.1) is 27.7 Å². The van der Waals surface area contributed by atoms with Crippen molar-refractivity contribution in [2.45, 2.75) is 27.7 Å². The summed E-state index contributed by atoms with van der Waals surface area (Å²) < 4.78 is 0. The van der Waals surface area contributed by atoms with Crippen molar-refractivity contribution < 1.29 is 0 Å². The van der Waals surface area contributed by atoms with Gasteiger partial charge in [0.1, 0.15) is 0 Å². The molecule has 0 fully saturated rings. The van der Waals surface area contributed by atoms with Crippen LogP contribution in [-0.2, 0) is 0 Å². The zero-order valence-electron chi connectivity index (χ0n) is 14.6. The van der Waals surface area contributed by atoms with Crippen molar-refractivity contribution in [2.75, 3.05) is 0 Å². The molecule has 0 saturated heterocycles. The van der Waals surface area contributed by atoms with Crippen LogP contribution in [0.3, 0.4) is 0 Å². The third-order valence-electron chi connectivity index (χ3n) is 5.26. The second-order valence-electron chi connectivity index (χ2n) is 7.45. The monoisotopic (exact) mass is 308 g/mol. The van der Waals surface area contributed by atoms with Gasteiger partial charge in [-0.2, -0.15) is 0 Å². The van der Waals surface area contributed by atoms with E-state index in [1.807, 2.05) is 0 Å². The van der Waals surface area contributed by atoms with E-state index < -0.39 is 0 Å². The van der Waals surface area contributed by atoms with E-state index in [0.29, 0.717) is 0 Å². The summed E-state index contributed by atoms with van der Waals surface area (Å²) >= 11 is 0. The zero-order valence-corrected chi connectivity index (χ0v) is 14.6. The van der Waals surface area contributed by atoms with Gasteiger partial charge in [0.15, 0.2) is 0 Å². The van der Waals surface area contributed by atoms with E-state index in [1.165, 1.54) is 65.3 Å². The van der Waals surface area contributed by atoms with E-state index >= 15 is 0 Å². The zero-order chi connectivity index (χ0) is 16.6. The predicted octanol–water partition coefficient (Wildman–Crippen LogP) is 6.97. The molecule has 0 radical (unpaired) electrons. The molecule has 0 saturated carbocycles. The highest BCUT2D eigenvalue weighted by Crippen LogP contribution is 2.42. The number of hydrogen-bond acceptors (Lipinski definition) is 0. The first-order valence-electron chi connectivity index (χ1n) is 8.62. The molecule has 0 amide bonds. The third-order valence-corrected chi connectivity index (χ3v) is 5.26. The summed E-state index contributed by atoms with van der Waals surface area (Å²) in [5, 5.41) is 11.1. The molecule has 0 atom stereocenters. The van der Waals surface area contributed by atoms with E-state index in [4.69, 9.17) is 0 Å². The normalized spacial score (nSPS) is 12.2. The van der Waals surface area contributed by atoms with Gasteiger partial charge in [-0.25, -0.2) is 0 Å². The standard InChI is InChI=1S/C24H20/c1-13-5-17-6-14(2)11-21-22-12-16(4)8-18-7-15(3)10-20(24(18)22)19(9-13)23(17)21/h5-12H,1-4H3. The molecular weight excluding hydrogens is 288 g/mol. The molecule has 5 aromatic rings. The predicted molar refractivity (Wildman–Crippen MR) is 107 cm³/mol. The fourth-order valence-corrected chi connectivity index (χ4v) is 4.48. The van der Waals surface area contributed by atoms with Crippen LogP contribution in [0.4, 0.5) is 0 Å². The van der Waals surface area contributed by atoms with Gasteiger partial charge in [0.2, 0.25) is 0 Å². The summed E-state index contributed by atoms with van der Waals surface area (Å²) in [5.74, 6) is 0. The molecule has 0 aliphatic carbocycles. The van der Waals surface area contributed by atoms with Gasteiger partial charge in [-0.05, 0) is 93.0 Å². The van der Waals surface area contributed by atoms with Crippen molar-refractivity contribution in [3.8, 4) is 0 Å². The average molecular weight is 308 g/mol. The average Bonchev–Trinajstić information content (AvgIpc) is 2.50. The smallest absolute Gasteiger partial charge is 0.00260 e. The van der Waals surface area contributed by atoms with Crippen molar-refractivity contribution in [3.63, 3.8) is 0 Å². The lowest BCUT2D eigenvalue weighted by atomic mass is 9.86. The molecule has 0 nitrogen and oxygen atoms in total. The van der Waals surface area contributed by atoms with Crippen molar-refractivity contribution >= 4 is 43.1 Å². The lowest BCUT2D eigenvalue weighted by Crippen LogP contribution is -1.91. The van der Waals surface area contributed by atoms with Crippen LogP contribution >= 0.6 is 0 Å². The molecule has 116 valence electrons. The molecule has 0 heterocycles. The largest absolute Gasteiger partial charge is 0.0514 e. The molecule has 5 rings (SSSR count). The Morgan fingerprint density at radius 1 is 0.375 bits per heavy atom. The summed E-state index contributed by atoms with van der Waals surface area (Å²) in [6.07, 6.45) is 0. The maximum absolute atomic E-state index is 2.36. The second kappa shape index (κ2) is 4.48. The molecule has 0 aliphatic rings. The van der Waals surface area contributed by atoms with Gasteiger partial charge in [-0.3, -0.25) is 0 Å². The van der Waals surface area contributed by atoms with E-state index in [1.54, 1.807) is 0 Å². The minimum Gasteiger partial charge on any atom is -0.0514 e. The lowest BCUT2D eigenvalue weighted by Gasteiger charge is -2.17. The van der Waals surface area contributed by atoms with Crippen molar-refractivity contribution in [3.05, 3.63) is 70.8 Å². The Bertz CT molecular complexity index is 1080. The van der Waals surface area contributed by atoms with Crippen LogP contribution in [-0.4, -0.2) is 0 Å². The van der Waals surface area contributed by atoms with Crippen LogP contribution in [0.2, 0.25) is 0 Å². The van der Waals surface area contributed by atoms with E-state index in [9.17, 15) is 0 Å². The van der Waals surface area contributed by atoms with Gasteiger partial charge >= 0.3 is 0 Å². The van der Waals surface area contributed by atoms with Crippen molar-refractivity contribution in [1.29, 1.82) is 0 Å². The van der Waals surface area contributed by atoms with Gasteiger partial charge in [0, 0.05) is 0 Å². The van der Waals surface area contributed by atoms with Gasteiger partial charge in [-0.1, -0.05) is 48.5 Å². The Labute approximate surface area is 142 Å². The summed E-state index contributed by atoms with van der Waals surface area (Å²) in [5.41, 5.74) is 5.33. The molecule has 0 aromatic heterocycles. The molecule has 5 aromatic carbocycles. The molecule has 24 heavy (non-hydrogen) atoms. The molecular formula is C24H20. The number of rotatable bonds is 0. The first kappa shape index (κ1) is 13.8. The molecule has 0 heteroatoms. The quantitative estimate of drug-likeness (QED) is 0.214. The van der Waals surface area contributed by atoms with E-state index in [-0.39, 0.29) is 0 Å². The Balaban J connectivity index is 2.26. The first-order chi connectivity index (χ1) is 11.5. The van der Waals surface area contributed by atoms with Gasteiger partial charge in [0.25, 0.3) is 0 Å². The lowest BCUT2D eigenvalue weighted by molar-refractivity contribution is 1.48. The number of hydrogen-bond donors (Lipinski definition) is 0. The van der Waals surface area contributed by atoms with Gasteiger partial charge in [-0.15, -0.1) is 0 Å². The third kappa shape index (κ3) is 1.74. The van der Waals surface area contributed by atoms with Crippen molar-refractivity contribution in [2.24, 2.45) is 0 Å². The number of fused-ring (bicyclic) bond motifs is 2. The molecule has 0 N–H and O–H groups in total. The fraction of sp³-hybridized carbons (Fsp3) is 0.167. The number of aryl methyl sites for hydroxylation is 4. The Morgan fingerprint density at radius 2 is 0.625 bits per heavy atom. The van der Waals surface area contributed by atoms with Crippen LogP contribution in [0.15, 0.2) is 48.5 Å². The highest BCUT2D eigenvalue weighted by molar-refractivity contribution is 6.33. The maximum Gasteiger partial charge on any atom is -0.00260 e. The van der Waals surface area contributed by atoms with Crippen LogP contribution in [0.1, 0.15) is 22.3 Å². The highest BCUT2D eigenvalue weighted by atomic mass is 14.2. The summed E-state index contributed by atoms with van der Waals surface area (Å²) in [7, 11) is 0. The Morgan fingerprint density at radius 3 is 0.875 bits per heavy atom. The fourth-order valence-electron chi connectivity index (χ4n) is 4.48. The van der Waals surface area contributed by atoms with Crippen LogP contribution in [0.5, 0.6) is 0 Å². The van der Waals surface area contributed by atoms with Crippen LogP contribution < -0.4 is 0 Å². The summed E-state index contributed by atoms with van der Waals surface area (Å²) in [6.45, 7) is 8.82. The SMILES string of the molecule is Cc1cc2cc(C)cc3c4cc(C)cc5cc(C)cc(c(c1)c23)c54. The molecule has 0 bridgehead atoms. The minimum atomic E-state index is 1.33. The summed E-state index contributed by atoms with van der Waals surface area (Å²) in [4.78, 5) is 0.